The van der Waals surface area contributed by atoms with Crippen LogP contribution in [0.4, 0.5) is 0 Å². The van der Waals surface area contributed by atoms with E-state index in [1.54, 1.807) is 0 Å². The van der Waals surface area contributed by atoms with E-state index >= 15 is 0 Å². The van der Waals surface area contributed by atoms with Crippen molar-refractivity contribution in [3.8, 4) is 0 Å². The van der Waals surface area contributed by atoms with E-state index in [-0.39, 0.29) is 5.97 Å². The number of unbranched alkanes of at least 4 members (excludes halogenated alkanes) is 5. The summed E-state index contributed by atoms with van der Waals surface area (Å²) in [5, 5.41) is 0. The van der Waals surface area contributed by atoms with Gasteiger partial charge >= 0.3 is 5.97 Å². The van der Waals surface area contributed by atoms with E-state index in [4.69, 9.17) is 4.74 Å². The molecule has 0 saturated carbocycles. The highest BCUT2D eigenvalue weighted by Gasteiger charge is 2.24. The first-order chi connectivity index (χ1) is 8.40. The maximum absolute atomic E-state index is 11.7. The van der Waals surface area contributed by atoms with Crippen LogP contribution in [0.25, 0.3) is 0 Å². The highest BCUT2D eigenvalue weighted by molar-refractivity contribution is 5.87. The molecular weight excluding hydrogens is 228 g/mol. The maximum Gasteiger partial charge on any atom is 0.316 e. The van der Waals surface area contributed by atoms with Crippen LogP contribution in [0.5, 0.6) is 0 Å². The van der Waals surface area contributed by atoms with Crippen molar-refractivity contribution >= 4 is 12.3 Å². The van der Waals surface area contributed by atoms with Crippen LogP contribution in [0.15, 0.2) is 0 Å². The number of carbonyl (C=O) groups excluding carboxylic acids is 2. The molecular formula is C15H28O3. The average molecular weight is 256 g/mol. The van der Waals surface area contributed by atoms with Crippen LogP contribution in [0, 0.1) is 5.92 Å². The van der Waals surface area contributed by atoms with Gasteiger partial charge in [0.25, 0.3) is 0 Å². The molecule has 0 heterocycles. The van der Waals surface area contributed by atoms with E-state index in [2.05, 4.69) is 6.92 Å². The normalized spacial score (nSPS) is 13.1. The SMILES string of the molecule is CCCCCCCCC(C=O)C(=O)OC(C)(C)C. The van der Waals surface area contributed by atoms with Crippen molar-refractivity contribution < 1.29 is 14.3 Å². The second-order valence-electron chi connectivity index (χ2n) is 5.83. The zero-order chi connectivity index (χ0) is 14.0. The second-order valence-corrected chi connectivity index (χ2v) is 5.83. The van der Waals surface area contributed by atoms with Gasteiger partial charge in [-0.3, -0.25) is 4.79 Å². The summed E-state index contributed by atoms with van der Waals surface area (Å²) in [5.41, 5.74) is -0.514. The molecule has 3 nitrogen and oxygen atoms in total. The van der Waals surface area contributed by atoms with Gasteiger partial charge in [0.15, 0.2) is 0 Å². The Morgan fingerprint density at radius 2 is 1.67 bits per heavy atom. The molecule has 0 saturated heterocycles. The zero-order valence-electron chi connectivity index (χ0n) is 12.3. The van der Waals surface area contributed by atoms with Crippen LogP contribution in [0.2, 0.25) is 0 Å². The standard InChI is InChI=1S/C15H28O3/c1-5-6-7-8-9-10-11-13(12-16)14(17)18-15(2,3)4/h12-13H,5-11H2,1-4H3. The van der Waals surface area contributed by atoms with Crippen molar-refractivity contribution in [2.45, 2.75) is 78.2 Å². The van der Waals surface area contributed by atoms with Crippen molar-refractivity contribution in [2.75, 3.05) is 0 Å². The summed E-state index contributed by atoms with van der Waals surface area (Å²) in [7, 11) is 0. The molecule has 0 aromatic rings. The molecule has 106 valence electrons. The van der Waals surface area contributed by atoms with E-state index in [0.717, 1.165) is 19.1 Å². The summed E-state index contributed by atoms with van der Waals surface area (Å²) >= 11 is 0. The molecule has 0 aliphatic rings. The van der Waals surface area contributed by atoms with Crippen LogP contribution < -0.4 is 0 Å². The highest BCUT2D eigenvalue weighted by Crippen LogP contribution is 2.16. The fourth-order valence-corrected chi connectivity index (χ4v) is 1.76. The number of hydrogen-bond acceptors (Lipinski definition) is 3. The molecule has 1 atom stereocenters. The maximum atomic E-state index is 11.7. The van der Waals surface area contributed by atoms with Gasteiger partial charge in [-0.05, 0) is 27.2 Å². The first-order valence-electron chi connectivity index (χ1n) is 7.09. The van der Waals surface area contributed by atoms with Crippen molar-refractivity contribution in [3.05, 3.63) is 0 Å². The van der Waals surface area contributed by atoms with Gasteiger partial charge in [0, 0.05) is 0 Å². The third-order valence-electron chi connectivity index (χ3n) is 2.74. The smallest absolute Gasteiger partial charge is 0.316 e. The number of aldehydes is 1. The molecule has 0 aliphatic carbocycles. The van der Waals surface area contributed by atoms with Gasteiger partial charge in [0.2, 0.25) is 0 Å². The number of carbonyl (C=O) groups is 2. The number of hydrogen-bond donors (Lipinski definition) is 0. The Bertz CT molecular complexity index is 241. The van der Waals surface area contributed by atoms with Gasteiger partial charge in [-0.2, -0.15) is 0 Å². The van der Waals surface area contributed by atoms with E-state index in [1.807, 2.05) is 20.8 Å². The van der Waals surface area contributed by atoms with Gasteiger partial charge in [-0.25, -0.2) is 0 Å². The monoisotopic (exact) mass is 256 g/mol. The summed E-state index contributed by atoms with van der Waals surface area (Å²) in [6, 6.07) is 0. The van der Waals surface area contributed by atoms with E-state index < -0.39 is 11.5 Å². The van der Waals surface area contributed by atoms with Crippen LogP contribution in [-0.4, -0.2) is 17.9 Å². The molecule has 18 heavy (non-hydrogen) atoms. The molecule has 1 unspecified atom stereocenters. The average Bonchev–Trinajstić information content (AvgIpc) is 2.25. The summed E-state index contributed by atoms with van der Waals surface area (Å²) in [5.74, 6) is -0.971. The fraction of sp³-hybridized carbons (Fsp3) is 0.867. The van der Waals surface area contributed by atoms with E-state index in [1.165, 1.54) is 25.7 Å². The van der Waals surface area contributed by atoms with Gasteiger partial charge in [0.05, 0.1) is 0 Å². The lowest BCUT2D eigenvalue weighted by molar-refractivity contribution is -0.160. The Morgan fingerprint density at radius 1 is 1.11 bits per heavy atom. The summed E-state index contributed by atoms with van der Waals surface area (Å²) < 4.78 is 5.22. The van der Waals surface area contributed by atoms with Crippen molar-refractivity contribution in [3.63, 3.8) is 0 Å². The van der Waals surface area contributed by atoms with Crippen LogP contribution >= 0.6 is 0 Å². The lowest BCUT2D eigenvalue weighted by Gasteiger charge is -2.21. The third-order valence-corrected chi connectivity index (χ3v) is 2.74. The molecule has 0 aromatic carbocycles. The fourth-order valence-electron chi connectivity index (χ4n) is 1.76. The van der Waals surface area contributed by atoms with Crippen LogP contribution in [-0.2, 0) is 14.3 Å². The lowest BCUT2D eigenvalue weighted by atomic mass is 10.0. The lowest BCUT2D eigenvalue weighted by Crippen LogP contribution is -2.29. The Hall–Kier alpha value is -0.860. The number of rotatable bonds is 9. The highest BCUT2D eigenvalue weighted by atomic mass is 16.6. The van der Waals surface area contributed by atoms with Crippen molar-refractivity contribution in [2.24, 2.45) is 5.92 Å². The first kappa shape index (κ1) is 17.1. The summed E-state index contributed by atoms with van der Waals surface area (Å²) in [4.78, 5) is 22.6. The van der Waals surface area contributed by atoms with E-state index in [9.17, 15) is 9.59 Å². The van der Waals surface area contributed by atoms with Gasteiger partial charge in [-0.1, -0.05) is 45.4 Å². The van der Waals surface area contributed by atoms with Crippen LogP contribution in [0.3, 0.4) is 0 Å². The molecule has 0 spiro atoms. The summed E-state index contributed by atoms with van der Waals surface area (Å²) in [6.07, 6.45) is 8.28. The molecule has 0 rings (SSSR count). The Morgan fingerprint density at radius 3 is 2.17 bits per heavy atom. The molecule has 0 radical (unpaired) electrons. The minimum absolute atomic E-state index is 0.383. The molecule has 3 heteroatoms. The van der Waals surface area contributed by atoms with Gasteiger partial charge < -0.3 is 9.53 Å². The minimum atomic E-state index is -0.588. The molecule has 0 fully saturated rings. The minimum Gasteiger partial charge on any atom is -0.459 e. The van der Waals surface area contributed by atoms with Crippen molar-refractivity contribution in [1.82, 2.24) is 0 Å². The Kier molecular flexibility index (Phi) is 8.69. The van der Waals surface area contributed by atoms with E-state index in [0.29, 0.717) is 6.42 Å². The molecule has 0 N–H and O–H groups in total. The van der Waals surface area contributed by atoms with Crippen molar-refractivity contribution in [1.29, 1.82) is 0 Å². The topological polar surface area (TPSA) is 43.4 Å². The Labute approximate surface area is 111 Å². The predicted octanol–water partition coefficient (Wildman–Crippen LogP) is 3.89. The molecule has 0 aromatic heterocycles. The second kappa shape index (κ2) is 9.12. The first-order valence-corrected chi connectivity index (χ1v) is 7.09. The largest absolute Gasteiger partial charge is 0.459 e. The van der Waals surface area contributed by atoms with Gasteiger partial charge in [-0.15, -0.1) is 0 Å². The predicted molar refractivity (Wildman–Crippen MR) is 73.4 cm³/mol. The van der Waals surface area contributed by atoms with Crippen LogP contribution in [0.1, 0.15) is 72.6 Å². The third kappa shape index (κ3) is 9.20. The molecule has 0 amide bonds. The number of esters is 1. The Balaban J connectivity index is 3.83. The molecule has 0 aliphatic heterocycles. The zero-order valence-corrected chi connectivity index (χ0v) is 12.3. The summed E-state index contributed by atoms with van der Waals surface area (Å²) in [6.45, 7) is 7.64. The quantitative estimate of drug-likeness (QED) is 0.272. The molecule has 0 bridgehead atoms. The number of ether oxygens (including phenoxy) is 1. The van der Waals surface area contributed by atoms with Gasteiger partial charge in [0.1, 0.15) is 17.8 Å².